The van der Waals surface area contributed by atoms with Gasteiger partial charge < -0.3 is 5.32 Å². The summed E-state index contributed by atoms with van der Waals surface area (Å²) in [6, 6.07) is 0.133. The molecule has 5 nitrogen and oxygen atoms in total. The van der Waals surface area contributed by atoms with Gasteiger partial charge in [-0.15, -0.1) is 0 Å². The monoisotopic (exact) mass is 285 g/mol. The molecular formula is C11H16ClN5S. The molecule has 0 aromatic carbocycles. The van der Waals surface area contributed by atoms with E-state index in [1.807, 2.05) is 14.0 Å². The van der Waals surface area contributed by atoms with Gasteiger partial charge >= 0.3 is 0 Å². The van der Waals surface area contributed by atoms with E-state index in [9.17, 15) is 0 Å². The maximum atomic E-state index is 6.26. The van der Waals surface area contributed by atoms with Crippen LogP contribution < -0.4 is 5.32 Å². The zero-order valence-corrected chi connectivity index (χ0v) is 12.2. The average molecular weight is 286 g/mol. The van der Waals surface area contributed by atoms with Crippen LogP contribution in [0.25, 0.3) is 0 Å². The quantitative estimate of drug-likeness (QED) is 0.914. The molecule has 18 heavy (non-hydrogen) atoms. The molecule has 0 amide bonds. The minimum Gasteiger partial charge on any atom is -0.309 e. The number of likely N-dealkylation sites (N-methyl/N-ethyl adjacent to an activating group) is 1. The lowest BCUT2D eigenvalue weighted by atomic mass is 10.0. The second-order valence-corrected chi connectivity index (χ2v) is 5.04. The Morgan fingerprint density at radius 3 is 2.83 bits per heavy atom. The van der Waals surface area contributed by atoms with Crippen LogP contribution in [-0.2, 0) is 13.5 Å². The number of aryl methyl sites for hydroxylation is 2. The number of nitrogens with zero attached hydrogens (tertiary/aromatic N) is 4. The third-order valence-electron chi connectivity index (χ3n) is 2.86. The summed E-state index contributed by atoms with van der Waals surface area (Å²) in [6.45, 7) is 4.92. The van der Waals surface area contributed by atoms with E-state index in [1.54, 1.807) is 10.9 Å². The van der Waals surface area contributed by atoms with E-state index in [4.69, 9.17) is 11.6 Å². The number of aromatic nitrogens is 4. The fraction of sp³-hybridized carbons (Fsp3) is 0.545. The van der Waals surface area contributed by atoms with Crippen LogP contribution >= 0.6 is 23.3 Å². The van der Waals surface area contributed by atoms with Crippen LogP contribution in [0.2, 0.25) is 5.15 Å². The second kappa shape index (κ2) is 5.77. The summed E-state index contributed by atoms with van der Waals surface area (Å²) in [6.07, 6.45) is 2.58. The van der Waals surface area contributed by atoms with Crippen LogP contribution in [0.4, 0.5) is 0 Å². The number of halogens is 1. The van der Waals surface area contributed by atoms with Crippen molar-refractivity contribution in [3.8, 4) is 0 Å². The zero-order chi connectivity index (χ0) is 13.1. The van der Waals surface area contributed by atoms with Gasteiger partial charge in [0.2, 0.25) is 0 Å². The molecule has 2 aromatic heterocycles. The van der Waals surface area contributed by atoms with Crippen molar-refractivity contribution < 1.29 is 0 Å². The Morgan fingerprint density at radius 2 is 2.33 bits per heavy atom. The first-order chi connectivity index (χ1) is 8.63. The highest BCUT2D eigenvalue weighted by molar-refractivity contribution is 6.99. The topological polar surface area (TPSA) is 55.6 Å². The number of rotatable bonds is 5. The second-order valence-electron chi connectivity index (χ2n) is 4.13. The van der Waals surface area contributed by atoms with Gasteiger partial charge in [-0.1, -0.05) is 18.5 Å². The fourth-order valence-electron chi connectivity index (χ4n) is 1.96. The molecule has 2 aromatic rings. The van der Waals surface area contributed by atoms with Gasteiger partial charge in [-0.05, 0) is 19.9 Å². The number of hydrogen-bond donors (Lipinski definition) is 1. The van der Waals surface area contributed by atoms with Crippen molar-refractivity contribution in [2.24, 2.45) is 7.05 Å². The highest BCUT2D eigenvalue weighted by atomic mass is 35.5. The molecule has 98 valence electrons. The van der Waals surface area contributed by atoms with E-state index in [1.165, 1.54) is 11.7 Å². The van der Waals surface area contributed by atoms with Gasteiger partial charge in [-0.25, -0.2) is 0 Å². The molecule has 0 saturated carbocycles. The predicted octanol–water partition coefficient (Wildman–Crippen LogP) is 2.13. The standard InChI is InChI=1S/C11H16ClN5S/c1-4-13-9(10-6-14-18-16-10)5-8-7(2)15-17(3)11(8)12/h6,9,13H,4-5H2,1-3H3. The van der Waals surface area contributed by atoms with Crippen LogP contribution in [0.5, 0.6) is 0 Å². The Morgan fingerprint density at radius 1 is 1.56 bits per heavy atom. The predicted molar refractivity (Wildman–Crippen MR) is 73.0 cm³/mol. The Labute approximate surface area is 116 Å². The Bertz CT molecular complexity index is 508. The average Bonchev–Trinajstić information content (AvgIpc) is 2.93. The third-order valence-corrected chi connectivity index (χ3v) is 3.83. The van der Waals surface area contributed by atoms with E-state index in [0.717, 1.165) is 29.9 Å². The van der Waals surface area contributed by atoms with Crippen molar-refractivity contribution >= 4 is 23.3 Å². The normalized spacial score (nSPS) is 12.9. The molecule has 1 atom stereocenters. The summed E-state index contributed by atoms with van der Waals surface area (Å²) in [5, 5.41) is 8.43. The highest BCUT2D eigenvalue weighted by Gasteiger charge is 2.19. The summed E-state index contributed by atoms with van der Waals surface area (Å²) in [5.74, 6) is 0. The van der Waals surface area contributed by atoms with Gasteiger partial charge in [0.1, 0.15) is 5.15 Å². The van der Waals surface area contributed by atoms with E-state index in [2.05, 4.69) is 26.1 Å². The molecule has 1 N–H and O–H groups in total. The van der Waals surface area contributed by atoms with Crippen molar-refractivity contribution in [1.82, 2.24) is 23.8 Å². The molecule has 7 heteroatoms. The van der Waals surface area contributed by atoms with Crippen LogP contribution in [0.3, 0.4) is 0 Å². The molecule has 0 radical (unpaired) electrons. The van der Waals surface area contributed by atoms with Gasteiger partial charge in [-0.2, -0.15) is 13.8 Å². The molecule has 0 aliphatic heterocycles. The van der Waals surface area contributed by atoms with Crippen LogP contribution in [0, 0.1) is 6.92 Å². The van der Waals surface area contributed by atoms with Gasteiger partial charge in [0, 0.05) is 12.6 Å². The molecule has 0 aliphatic carbocycles. The third kappa shape index (κ3) is 2.71. The molecule has 0 aliphatic rings. The zero-order valence-electron chi connectivity index (χ0n) is 10.6. The highest BCUT2D eigenvalue weighted by Crippen LogP contribution is 2.25. The first-order valence-corrected chi connectivity index (χ1v) is 6.93. The molecule has 2 rings (SSSR count). The molecule has 0 bridgehead atoms. The lowest BCUT2D eigenvalue weighted by Gasteiger charge is -2.15. The van der Waals surface area contributed by atoms with E-state index >= 15 is 0 Å². The van der Waals surface area contributed by atoms with Gasteiger partial charge in [0.05, 0.1) is 35.4 Å². The number of hydrogen-bond acceptors (Lipinski definition) is 5. The van der Waals surface area contributed by atoms with Gasteiger partial charge in [0.15, 0.2) is 0 Å². The lowest BCUT2D eigenvalue weighted by molar-refractivity contribution is 0.539. The summed E-state index contributed by atoms with van der Waals surface area (Å²) in [7, 11) is 1.85. The maximum Gasteiger partial charge on any atom is 0.130 e. The summed E-state index contributed by atoms with van der Waals surface area (Å²) in [5.41, 5.74) is 2.99. The first-order valence-electron chi connectivity index (χ1n) is 5.82. The smallest absolute Gasteiger partial charge is 0.130 e. The SMILES string of the molecule is CCNC(Cc1c(C)nn(C)c1Cl)c1cnsn1. The van der Waals surface area contributed by atoms with Crippen molar-refractivity contribution in [1.29, 1.82) is 0 Å². The molecule has 0 saturated heterocycles. The number of nitrogens with one attached hydrogen (secondary N) is 1. The van der Waals surface area contributed by atoms with Crippen molar-refractivity contribution in [2.75, 3.05) is 6.54 Å². The molecular weight excluding hydrogens is 270 g/mol. The largest absolute Gasteiger partial charge is 0.309 e. The molecule has 2 heterocycles. The van der Waals surface area contributed by atoms with E-state index in [0.29, 0.717) is 5.15 Å². The molecule has 0 spiro atoms. The summed E-state index contributed by atoms with van der Waals surface area (Å²) in [4.78, 5) is 0. The van der Waals surface area contributed by atoms with E-state index in [-0.39, 0.29) is 6.04 Å². The van der Waals surface area contributed by atoms with Crippen LogP contribution in [0.15, 0.2) is 6.20 Å². The van der Waals surface area contributed by atoms with Crippen LogP contribution in [0.1, 0.15) is 29.9 Å². The fourth-order valence-corrected chi connectivity index (χ4v) is 2.69. The molecule has 0 fully saturated rings. The van der Waals surface area contributed by atoms with Crippen molar-refractivity contribution in [2.45, 2.75) is 26.3 Å². The first kappa shape index (κ1) is 13.5. The Balaban J connectivity index is 2.24. The molecule has 1 unspecified atom stereocenters. The van der Waals surface area contributed by atoms with Crippen molar-refractivity contribution in [3.05, 3.63) is 28.3 Å². The minimum atomic E-state index is 0.133. The lowest BCUT2D eigenvalue weighted by Crippen LogP contribution is -2.23. The minimum absolute atomic E-state index is 0.133. The summed E-state index contributed by atoms with van der Waals surface area (Å²) >= 11 is 7.48. The Hall–Kier alpha value is -0.980. The van der Waals surface area contributed by atoms with Gasteiger partial charge in [0.25, 0.3) is 0 Å². The maximum absolute atomic E-state index is 6.26. The van der Waals surface area contributed by atoms with Crippen LogP contribution in [-0.4, -0.2) is 25.1 Å². The van der Waals surface area contributed by atoms with Crippen molar-refractivity contribution in [3.63, 3.8) is 0 Å². The Kier molecular flexibility index (Phi) is 4.31. The van der Waals surface area contributed by atoms with Gasteiger partial charge in [-0.3, -0.25) is 4.68 Å². The van der Waals surface area contributed by atoms with E-state index < -0.39 is 0 Å². The summed E-state index contributed by atoms with van der Waals surface area (Å²) < 4.78 is 10.1.